The van der Waals surface area contributed by atoms with Crippen LogP contribution < -0.4 is 5.73 Å². The Morgan fingerprint density at radius 2 is 2.00 bits per heavy atom. The van der Waals surface area contributed by atoms with E-state index in [4.69, 9.17) is 5.73 Å². The molecule has 1 atom stereocenters. The Bertz CT molecular complexity index is 354. The smallest absolute Gasteiger partial charge is 0.0239 e. The van der Waals surface area contributed by atoms with Crippen molar-refractivity contribution in [2.45, 2.75) is 26.8 Å². The lowest BCUT2D eigenvalue weighted by atomic mass is 10.0. The fourth-order valence-corrected chi connectivity index (χ4v) is 1.63. The third kappa shape index (κ3) is 2.69. The predicted molar refractivity (Wildman–Crippen MR) is 66.3 cm³/mol. The highest BCUT2D eigenvalue weighted by Crippen LogP contribution is 2.24. The van der Waals surface area contributed by atoms with Gasteiger partial charge in [0.15, 0.2) is 0 Å². The van der Waals surface area contributed by atoms with Crippen LogP contribution in [0.25, 0.3) is 6.08 Å². The van der Waals surface area contributed by atoms with E-state index in [0.29, 0.717) is 0 Å². The Labute approximate surface area is 94.1 Å². The van der Waals surface area contributed by atoms with Gasteiger partial charge in [0.05, 0.1) is 0 Å². The Morgan fingerprint density at radius 3 is 2.57 bits per heavy atom. The van der Waals surface area contributed by atoms with Gasteiger partial charge in [-0.15, -0.1) is 0 Å². The average Bonchev–Trinajstić information content (AvgIpc) is 2.13. The van der Waals surface area contributed by atoms with Crippen LogP contribution >= 0.6 is 15.9 Å². The number of aryl methyl sites for hydroxylation is 1. The highest BCUT2D eigenvalue weighted by Gasteiger charge is 2.01. The fourth-order valence-electron chi connectivity index (χ4n) is 1.27. The summed E-state index contributed by atoms with van der Waals surface area (Å²) in [7, 11) is 0. The molecule has 0 aromatic heterocycles. The van der Waals surface area contributed by atoms with Crippen molar-refractivity contribution >= 4 is 22.0 Å². The second-order valence-corrected chi connectivity index (χ2v) is 4.42. The van der Waals surface area contributed by atoms with E-state index in [1.54, 1.807) is 0 Å². The number of benzene rings is 1. The van der Waals surface area contributed by atoms with E-state index in [-0.39, 0.29) is 6.04 Å². The summed E-state index contributed by atoms with van der Waals surface area (Å²) in [5.41, 5.74) is 9.41. The normalized spacial score (nSPS) is 13.5. The summed E-state index contributed by atoms with van der Waals surface area (Å²) in [4.78, 5) is 0. The van der Waals surface area contributed by atoms with Gasteiger partial charge in [-0.1, -0.05) is 40.2 Å². The molecule has 0 spiro atoms. The Balaban J connectivity index is 3.06. The van der Waals surface area contributed by atoms with Crippen molar-refractivity contribution in [3.63, 3.8) is 0 Å². The Morgan fingerprint density at radius 1 is 1.36 bits per heavy atom. The quantitative estimate of drug-likeness (QED) is 0.859. The molecule has 0 amide bonds. The lowest BCUT2D eigenvalue weighted by molar-refractivity contribution is 0.930. The van der Waals surface area contributed by atoms with Crippen molar-refractivity contribution in [3.05, 3.63) is 39.4 Å². The third-order valence-corrected chi connectivity index (χ3v) is 3.42. The number of hydrogen-bond acceptors (Lipinski definition) is 1. The first kappa shape index (κ1) is 11.5. The van der Waals surface area contributed by atoms with Crippen molar-refractivity contribution in [2.75, 3.05) is 0 Å². The van der Waals surface area contributed by atoms with Crippen LogP contribution in [0.3, 0.4) is 0 Å². The minimum Gasteiger partial charge on any atom is -0.325 e. The first-order chi connectivity index (χ1) is 6.52. The molecular formula is C12H16BrN. The van der Waals surface area contributed by atoms with E-state index in [1.807, 2.05) is 13.0 Å². The van der Waals surface area contributed by atoms with Gasteiger partial charge in [0.25, 0.3) is 0 Å². The molecule has 0 radical (unpaired) electrons. The van der Waals surface area contributed by atoms with Crippen LogP contribution in [0, 0.1) is 13.8 Å². The van der Waals surface area contributed by atoms with E-state index in [2.05, 4.69) is 48.0 Å². The summed E-state index contributed by atoms with van der Waals surface area (Å²) in [5.74, 6) is 0. The largest absolute Gasteiger partial charge is 0.325 e. The highest BCUT2D eigenvalue weighted by molar-refractivity contribution is 9.10. The summed E-state index contributed by atoms with van der Waals surface area (Å²) < 4.78 is 1.18. The highest BCUT2D eigenvalue weighted by atomic mass is 79.9. The van der Waals surface area contributed by atoms with Crippen LogP contribution in [0.15, 0.2) is 22.7 Å². The third-order valence-electron chi connectivity index (χ3n) is 2.20. The van der Waals surface area contributed by atoms with E-state index in [9.17, 15) is 0 Å². The molecule has 0 saturated heterocycles. The molecule has 0 aliphatic rings. The van der Waals surface area contributed by atoms with Crippen molar-refractivity contribution in [3.8, 4) is 0 Å². The molecule has 2 N–H and O–H groups in total. The zero-order valence-electron chi connectivity index (χ0n) is 8.84. The van der Waals surface area contributed by atoms with Crippen molar-refractivity contribution in [2.24, 2.45) is 5.73 Å². The van der Waals surface area contributed by atoms with Gasteiger partial charge in [0.1, 0.15) is 0 Å². The zero-order chi connectivity index (χ0) is 10.7. The molecule has 14 heavy (non-hydrogen) atoms. The Kier molecular flexibility index (Phi) is 3.90. The molecule has 0 aliphatic carbocycles. The number of rotatable bonds is 2. The molecule has 1 nitrogen and oxygen atoms in total. The van der Waals surface area contributed by atoms with Gasteiger partial charge in [-0.2, -0.15) is 0 Å². The van der Waals surface area contributed by atoms with Crippen LogP contribution in [0.2, 0.25) is 0 Å². The summed E-state index contributed by atoms with van der Waals surface area (Å²) in [6.45, 7) is 6.17. The van der Waals surface area contributed by atoms with Crippen molar-refractivity contribution < 1.29 is 0 Å². The van der Waals surface area contributed by atoms with Gasteiger partial charge in [-0.25, -0.2) is 0 Å². The minimum absolute atomic E-state index is 0.106. The van der Waals surface area contributed by atoms with Crippen molar-refractivity contribution in [1.29, 1.82) is 0 Å². The molecule has 0 bridgehead atoms. The lowest BCUT2D eigenvalue weighted by Crippen LogP contribution is -2.09. The molecule has 76 valence electrons. The van der Waals surface area contributed by atoms with Crippen LogP contribution in [0.5, 0.6) is 0 Å². The minimum atomic E-state index is 0.106. The Hall–Kier alpha value is -0.600. The van der Waals surface area contributed by atoms with Crippen LogP contribution in [-0.2, 0) is 0 Å². The SMILES string of the molecule is Cc1ccc(/C=C/C(C)N)c(C)c1Br. The van der Waals surface area contributed by atoms with Gasteiger partial charge in [-0.05, 0) is 37.5 Å². The molecule has 1 unspecified atom stereocenters. The molecule has 0 aliphatic heterocycles. The second kappa shape index (κ2) is 4.76. The van der Waals surface area contributed by atoms with Crippen LogP contribution in [0.4, 0.5) is 0 Å². The van der Waals surface area contributed by atoms with E-state index >= 15 is 0 Å². The predicted octanol–water partition coefficient (Wildman–Crippen LogP) is 3.43. The van der Waals surface area contributed by atoms with E-state index in [1.165, 1.54) is 21.2 Å². The molecular weight excluding hydrogens is 238 g/mol. The van der Waals surface area contributed by atoms with Crippen molar-refractivity contribution in [1.82, 2.24) is 0 Å². The summed E-state index contributed by atoms with van der Waals surface area (Å²) in [5, 5.41) is 0. The molecule has 0 heterocycles. The van der Waals surface area contributed by atoms with Crippen LogP contribution in [-0.4, -0.2) is 6.04 Å². The average molecular weight is 254 g/mol. The van der Waals surface area contributed by atoms with Crippen LogP contribution in [0.1, 0.15) is 23.6 Å². The maximum Gasteiger partial charge on any atom is 0.0239 e. The molecule has 0 saturated carbocycles. The van der Waals surface area contributed by atoms with Gasteiger partial charge < -0.3 is 5.73 Å². The summed E-state index contributed by atoms with van der Waals surface area (Å²) in [6.07, 6.45) is 4.08. The van der Waals surface area contributed by atoms with Gasteiger partial charge >= 0.3 is 0 Å². The maximum atomic E-state index is 5.66. The standard InChI is InChI=1S/C12H16BrN/c1-8-4-6-11(7-5-9(2)14)10(3)12(8)13/h4-7,9H,14H2,1-3H3/b7-5+. The number of nitrogens with two attached hydrogens (primary N) is 1. The monoisotopic (exact) mass is 253 g/mol. The van der Waals surface area contributed by atoms with Gasteiger partial charge in [0.2, 0.25) is 0 Å². The molecule has 2 heteroatoms. The fraction of sp³-hybridized carbons (Fsp3) is 0.333. The topological polar surface area (TPSA) is 26.0 Å². The van der Waals surface area contributed by atoms with E-state index in [0.717, 1.165) is 0 Å². The first-order valence-corrected chi connectivity index (χ1v) is 5.51. The number of hydrogen-bond donors (Lipinski definition) is 1. The number of halogens is 1. The molecule has 0 fully saturated rings. The second-order valence-electron chi connectivity index (χ2n) is 3.63. The lowest BCUT2D eigenvalue weighted by Gasteiger charge is -2.06. The molecule has 1 aromatic carbocycles. The first-order valence-electron chi connectivity index (χ1n) is 4.72. The zero-order valence-corrected chi connectivity index (χ0v) is 10.4. The molecule has 1 aromatic rings. The van der Waals surface area contributed by atoms with E-state index < -0.39 is 0 Å². The van der Waals surface area contributed by atoms with Gasteiger partial charge in [0, 0.05) is 10.5 Å². The summed E-state index contributed by atoms with van der Waals surface area (Å²) >= 11 is 3.57. The summed E-state index contributed by atoms with van der Waals surface area (Å²) in [6, 6.07) is 4.33. The maximum absolute atomic E-state index is 5.66. The van der Waals surface area contributed by atoms with Gasteiger partial charge in [-0.3, -0.25) is 0 Å². The molecule has 1 rings (SSSR count).